The van der Waals surface area contributed by atoms with Crippen molar-refractivity contribution < 1.29 is 9.59 Å². The zero-order valence-electron chi connectivity index (χ0n) is 18.2. The van der Waals surface area contributed by atoms with Gasteiger partial charge in [-0.15, -0.1) is 0 Å². The highest BCUT2D eigenvalue weighted by atomic mass is 16.2. The maximum absolute atomic E-state index is 13.0. The Labute approximate surface area is 177 Å². The zero-order chi connectivity index (χ0) is 21.8. The summed E-state index contributed by atoms with van der Waals surface area (Å²) in [7, 11) is 3.46. The van der Waals surface area contributed by atoms with Gasteiger partial charge in [0.25, 0.3) is 11.8 Å². The second-order valence-corrected chi connectivity index (χ2v) is 7.60. The number of nitrogens with zero attached hydrogens (tertiary/aromatic N) is 4. The van der Waals surface area contributed by atoms with Crippen molar-refractivity contribution in [3.8, 4) is 5.69 Å². The Kier molecular flexibility index (Phi) is 6.35. The standard InChI is InChI=1S/C24H28N4O2/c1-6-27(16-19-7-9-20(10-8-19)23(29)26(4)5)24(30)21-11-13-22(14-12-21)28-18(3)15-17(2)25-28/h7-15H,6,16H2,1-5H3. The van der Waals surface area contributed by atoms with Crippen molar-refractivity contribution >= 4 is 11.8 Å². The molecule has 6 heteroatoms. The third kappa shape index (κ3) is 4.59. The van der Waals surface area contributed by atoms with Crippen LogP contribution < -0.4 is 0 Å². The Morgan fingerprint density at radius 3 is 1.97 bits per heavy atom. The van der Waals surface area contributed by atoms with Gasteiger partial charge in [0, 0.05) is 44.0 Å². The first-order chi connectivity index (χ1) is 14.3. The topological polar surface area (TPSA) is 58.4 Å². The Bertz CT molecular complexity index is 1030. The molecule has 2 aromatic carbocycles. The number of benzene rings is 2. The summed E-state index contributed by atoms with van der Waals surface area (Å²) in [5, 5.41) is 4.49. The van der Waals surface area contributed by atoms with Crippen molar-refractivity contribution in [1.29, 1.82) is 0 Å². The normalized spacial score (nSPS) is 10.7. The fraction of sp³-hybridized carbons (Fsp3) is 0.292. The lowest BCUT2D eigenvalue weighted by Crippen LogP contribution is -2.30. The van der Waals surface area contributed by atoms with Crippen molar-refractivity contribution in [3.63, 3.8) is 0 Å². The highest BCUT2D eigenvalue weighted by molar-refractivity contribution is 5.95. The number of aryl methyl sites for hydroxylation is 2. The molecule has 0 fully saturated rings. The smallest absolute Gasteiger partial charge is 0.254 e. The molecule has 0 saturated carbocycles. The summed E-state index contributed by atoms with van der Waals surface area (Å²) in [6.07, 6.45) is 0. The van der Waals surface area contributed by atoms with E-state index in [1.165, 1.54) is 0 Å². The number of hydrogen-bond donors (Lipinski definition) is 0. The first-order valence-corrected chi connectivity index (χ1v) is 10.0. The number of amides is 2. The second-order valence-electron chi connectivity index (χ2n) is 7.60. The van der Waals surface area contributed by atoms with E-state index in [0.29, 0.717) is 24.2 Å². The predicted molar refractivity (Wildman–Crippen MR) is 118 cm³/mol. The summed E-state index contributed by atoms with van der Waals surface area (Å²) in [5.41, 5.74) is 5.21. The molecule has 0 spiro atoms. The van der Waals surface area contributed by atoms with E-state index in [9.17, 15) is 9.59 Å². The molecule has 0 radical (unpaired) electrons. The molecule has 0 aliphatic rings. The molecule has 1 aromatic heterocycles. The second kappa shape index (κ2) is 8.95. The highest BCUT2D eigenvalue weighted by Crippen LogP contribution is 2.16. The lowest BCUT2D eigenvalue weighted by molar-refractivity contribution is 0.0751. The largest absolute Gasteiger partial charge is 0.345 e. The van der Waals surface area contributed by atoms with E-state index >= 15 is 0 Å². The number of rotatable bonds is 6. The Morgan fingerprint density at radius 2 is 1.47 bits per heavy atom. The van der Waals surface area contributed by atoms with Gasteiger partial charge in [0.2, 0.25) is 0 Å². The van der Waals surface area contributed by atoms with Crippen LogP contribution >= 0.6 is 0 Å². The third-order valence-corrected chi connectivity index (χ3v) is 5.02. The van der Waals surface area contributed by atoms with Gasteiger partial charge in [-0.1, -0.05) is 12.1 Å². The average Bonchev–Trinajstić information content (AvgIpc) is 3.09. The van der Waals surface area contributed by atoms with Crippen LogP contribution in [0.2, 0.25) is 0 Å². The van der Waals surface area contributed by atoms with Crippen LogP contribution in [0.4, 0.5) is 0 Å². The molecule has 0 bridgehead atoms. The maximum Gasteiger partial charge on any atom is 0.254 e. The molecule has 0 aliphatic heterocycles. The molecular weight excluding hydrogens is 376 g/mol. The van der Waals surface area contributed by atoms with Crippen LogP contribution in [-0.4, -0.2) is 52.0 Å². The Hall–Kier alpha value is -3.41. The Morgan fingerprint density at radius 1 is 0.900 bits per heavy atom. The molecule has 0 unspecified atom stereocenters. The third-order valence-electron chi connectivity index (χ3n) is 5.02. The van der Waals surface area contributed by atoms with Crippen molar-refractivity contribution in [1.82, 2.24) is 19.6 Å². The van der Waals surface area contributed by atoms with Gasteiger partial charge in [0.15, 0.2) is 0 Å². The van der Waals surface area contributed by atoms with Crippen LogP contribution in [0.5, 0.6) is 0 Å². The molecule has 1 heterocycles. The van der Waals surface area contributed by atoms with Gasteiger partial charge in [-0.25, -0.2) is 4.68 Å². The van der Waals surface area contributed by atoms with Crippen LogP contribution in [-0.2, 0) is 6.54 Å². The maximum atomic E-state index is 13.0. The minimum atomic E-state index is -0.0346. The van der Waals surface area contributed by atoms with Crippen molar-refractivity contribution in [2.45, 2.75) is 27.3 Å². The molecule has 0 N–H and O–H groups in total. The minimum absolute atomic E-state index is 0.0223. The summed E-state index contributed by atoms with van der Waals surface area (Å²) in [6, 6.07) is 17.0. The van der Waals surface area contributed by atoms with E-state index in [1.807, 2.05) is 67.9 Å². The summed E-state index contributed by atoms with van der Waals surface area (Å²) < 4.78 is 1.87. The molecule has 0 saturated heterocycles. The van der Waals surface area contributed by atoms with Gasteiger partial charge in [0.1, 0.15) is 0 Å². The van der Waals surface area contributed by atoms with Crippen molar-refractivity contribution in [2.24, 2.45) is 0 Å². The van der Waals surface area contributed by atoms with Crippen molar-refractivity contribution in [3.05, 3.63) is 82.7 Å². The molecular formula is C24H28N4O2. The predicted octanol–water partition coefficient (Wildman–Crippen LogP) is 3.85. The van der Waals surface area contributed by atoms with Gasteiger partial charge in [-0.3, -0.25) is 9.59 Å². The van der Waals surface area contributed by atoms with Gasteiger partial charge < -0.3 is 9.80 Å². The quantitative estimate of drug-likeness (QED) is 0.627. The molecule has 0 aliphatic carbocycles. The van der Waals surface area contributed by atoms with Gasteiger partial charge in [-0.2, -0.15) is 5.10 Å². The molecule has 0 atom stereocenters. The van der Waals surface area contributed by atoms with Crippen LogP contribution in [0, 0.1) is 13.8 Å². The number of carbonyl (C=O) groups is 2. The highest BCUT2D eigenvalue weighted by Gasteiger charge is 2.16. The van der Waals surface area contributed by atoms with E-state index in [4.69, 9.17) is 0 Å². The summed E-state index contributed by atoms with van der Waals surface area (Å²) in [5.74, 6) is -0.0569. The number of hydrogen-bond acceptors (Lipinski definition) is 3. The number of carbonyl (C=O) groups excluding carboxylic acids is 2. The van der Waals surface area contributed by atoms with E-state index in [0.717, 1.165) is 22.6 Å². The molecule has 156 valence electrons. The van der Waals surface area contributed by atoms with Gasteiger partial charge in [0.05, 0.1) is 11.4 Å². The first-order valence-electron chi connectivity index (χ1n) is 10.0. The summed E-state index contributed by atoms with van der Waals surface area (Å²) in [6.45, 7) is 7.02. The van der Waals surface area contributed by atoms with Gasteiger partial charge in [-0.05, 0) is 68.8 Å². The molecule has 2 amide bonds. The van der Waals surface area contributed by atoms with Crippen LogP contribution in [0.1, 0.15) is 44.6 Å². The lowest BCUT2D eigenvalue weighted by Gasteiger charge is -2.21. The van der Waals surface area contributed by atoms with Crippen LogP contribution in [0.25, 0.3) is 5.69 Å². The molecule has 30 heavy (non-hydrogen) atoms. The fourth-order valence-electron chi connectivity index (χ4n) is 3.38. The van der Waals surface area contributed by atoms with E-state index in [1.54, 1.807) is 36.0 Å². The van der Waals surface area contributed by atoms with E-state index in [2.05, 4.69) is 5.10 Å². The van der Waals surface area contributed by atoms with E-state index in [-0.39, 0.29) is 11.8 Å². The summed E-state index contributed by atoms with van der Waals surface area (Å²) in [4.78, 5) is 28.4. The molecule has 3 rings (SSSR count). The number of aromatic nitrogens is 2. The van der Waals surface area contributed by atoms with Crippen LogP contribution in [0.15, 0.2) is 54.6 Å². The fourth-order valence-corrected chi connectivity index (χ4v) is 3.38. The summed E-state index contributed by atoms with van der Waals surface area (Å²) >= 11 is 0. The zero-order valence-corrected chi connectivity index (χ0v) is 18.2. The Balaban J connectivity index is 1.73. The molecule has 6 nitrogen and oxygen atoms in total. The lowest BCUT2D eigenvalue weighted by atomic mass is 10.1. The van der Waals surface area contributed by atoms with Crippen molar-refractivity contribution in [2.75, 3.05) is 20.6 Å². The average molecular weight is 405 g/mol. The monoisotopic (exact) mass is 404 g/mol. The molecule has 3 aromatic rings. The SMILES string of the molecule is CCN(Cc1ccc(C(=O)N(C)C)cc1)C(=O)c1ccc(-n2nc(C)cc2C)cc1. The first kappa shape index (κ1) is 21.3. The minimum Gasteiger partial charge on any atom is -0.345 e. The van der Waals surface area contributed by atoms with Crippen LogP contribution in [0.3, 0.4) is 0 Å². The van der Waals surface area contributed by atoms with E-state index < -0.39 is 0 Å². The van der Waals surface area contributed by atoms with Gasteiger partial charge >= 0.3 is 0 Å².